The molecule has 0 saturated heterocycles. The highest BCUT2D eigenvalue weighted by molar-refractivity contribution is 5.36. The first-order valence-corrected chi connectivity index (χ1v) is 5.94. The number of nitro groups is 1. The molecule has 5 nitrogen and oxygen atoms in total. The second kappa shape index (κ2) is 5.95. The van der Waals surface area contributed by atoms with E-state index in [1.54, 1.807) is 6.92 Å². The summed E-state index contributed by atoms with van der Waals surface area (Å²) in [7, 11) is 0. The zero-order valence-corrected chi connectivity index (χ0v) is 10.6. The van der Waals surface area contributed by atoms with Crippen molar-refractivity contribution < 1.29 is 9.66 Å². The van der Waals surface area contributed by atoms with Gasteiger partial charge < -0.3 is 4.74 Å². The summed E-state index contributed by atoms with van der Waals surface area (Å²) in [5.74, 6) is 0.446. The average molecular weight is 258 g/mol. The third kappa shape index (κ3) is 3.51. The van der Waals surface area contributed by atoms with Crippen molar-refractivity contribution in [2.24, 2.45) is 0 Å². The SMILES string of the molecule is Cc1cc([N+](=O)[O-])cnc1OCCc1ccccc1. The predicted octanol–water partition coefficient (Wildman–Crippen LogP) is 2.92. The van der Waals surface area contributed by atoms with E-state index in [1.165, 1.54) is 17.8 Å². The van der Waals surface area contributed by atoms with Crippen LogP contribution in [-0.2, 0) is 6.42 Å². The maximum atomic E-state index is 10.6. The van der Waals surface area contributed by atoms with E-state index >= 15 is 0 Å². The van der Waals surface area contributed by atoms with Crippen LogP contribution < -0.4 is 4.74 Å². The Hall–Kier alpha value is -2.43. The van der Waals surface area contributed by atoms with Crippen molar-refractivity contribution >= 4 is 5.69 Å². The van der Waals surface area contributed by atoms with Crippen molar-refractivity contribution in [2.45, 2.75) is 13.3 Å². The predicted molar refractivity (Wildman–Crippen MR) is 71.3 cm³/mol. The van der Waals surface area contributed by atoms with E-state index in [-0.39, 0.29) is 5.69 Å². The average Bonchev–Trinajstić information content (AvgIpc) is 2.41. The van der Waals surface area contributed by atoms with Gasteiger partial charge in [-0.05, 0) is 12.5 Å². The van der Waals surface area contributed by atoms with Gasteiger partial charge in [-0.2, -0.15) is 0 Å². The van der Waals surface area contributed by atoms with Crippen LogP contribution in [-0.4, -0.2) is 16.5 Å². The van der Waals surface area contributed by atoms with Crippen LogP contribution >= 0.6 is 0 Å². The van der Waals surface area contributed by atoms with Crippen LogP contribution in [0, 0.1) is 17.0 Å². The van der Waals surface area contributed by atoms with E-state index < -0.39 is 4.92 Å². The molecule has 0 N–H and O–H groups in total. The van der Waals surface area contributed by atoms with Gasteiger partial charge in [0.2, 0.25) is 5.88 Å². The Morgan fingerprint density at radius 1 is 1.32 bits per heavy atom. The molecule has 98 valence electrons. The molecule has 0 unspecified atom stereocenters. The highest BCUT2D eigenvalue weighted by Gasteiger charge is 2.10. The number of aryl methyl sites for hydroxylation is 1. The molecule has 0 aliphatic rings. The molecule has 2 rings (SSSR count). The second-order valence-electron chi connectivity index (χ2n) is 4.16. The quantitative estimate of drug-likeness (QED) is 0.611. The lowest BCUT2D eigenvalue weighted by molar-refractivity contribution is -0.385. The molecule has 0 atom stereocenters. The van der Waals surface area contributed by atoms with E-state index in [0.29, 0.717) is 18.1 Å². The Bertz CT molecular complexity index is 570. The number of hydrogen-bond acceptors (Lipinski definition) is 4. The molecule has 0 amide bonds. The van der Waals surface area contributed by atoms with Gasteiger partial charge in [0.15, 0.2) is 0 Å². The van der Waals surface area contributed by atoms with Crippen LogP contribution in [0.3, 0.4) is 0 Å². The van der Waals surface area contributed by atoms with Gasteiger partial charge >= 0.3 is 0 Å². The molecule has 5 heteroatoms. The van der Waals surface area contributed by atoms with Gasteiger partial charge in [-0.15, -0.1) is 0 Å². The van der Waals surface area contributed by atoms with Crippen molar-refractivity contribution in [3.8, 4) is 5.88 Å². The van der Waals surface area contributed by atoms with Crippen LogP contribution in [0.25, 0.3) is 0 Å². The van der Waals surface area contributed by atoms with E-state index in [1.807, 2.05) is 30.3 Å². The first kappa shape index (κ1) is 13.0. The summed E-state index contributed by atoms with van der Waals surface area (Å²) in [5.41, 5.74) is 1.83. The third-order valence-corrected chi connectivity index (χ3v) is 2.70. The van der Waals surface area contributed by atoms with Crippen LogP contribution in [0.2, 0.25) is 0 Å². The molecule has 0 spiro atoms. The molecule has 0 radical (unpaired) electrons. The fraction of sp³-hybridized carbons (Fsp3) is 0.214. The van der Waals surface area contributed by atoms with Crippen LogP contribution in [0.15, 0.2) is 42.6 Å². The number of pyridine rings is 1. The molecule has 2 aromatic rings. The Morgan fingerprint density at radius 3 is 2.68 bits per heavy atom. The zero-order valence-electron chi connectivity index (χ0n) is 10.6. The maximum absolute atomic E-state index is 10.6. The first-order chi connectivity index (χ1) is 9.16. The lowest BCUT2D eigenvalue weighted by atomic mass is 10.2. The van der Waals surface area contributed by atoms with Crippen LogP contribution in [0.4, 0.5) is 5.69 Å². The first-order valence-electron chi connectivity index (χ1n) is 5.94. The third-order valence-electron chi connectivity index (χ3n) is 2.70. The number of aromatic nitrogens is 1. The molecule has 19 heavy (non-hydrogen) atoms. The Morgan fingerprint density at radius 2 is 2.05 bits per heavy atom. The van der Waals surface area contributed by atoms with E-state index in [0.717, 1.165) is 6.42 Å². The summed E-state index contributed by atoms with van der Waals surface area (Å²) in [6.07, 6.45) is 1.99. The van der Waals surface area contributed by atoms with Crippen LogP contribution in [0.1, 0.15) is 11.1 Å². The summed E-state index contributed by atoms with van der Waals surface area (Å²) in [6, 6.07) is 11.4. The summed E-state index contributed by atoms with van der Waals surface area (Å²) in [5, 5.41) is 10.6. The summed E-state index contributed by atoms with van der Waals surface area (Å²) >= 11 is 0. The largest absolute Gasteiger partial charge is 0.477 e. The summed E-state index contributed by atoms with van der Waals surface area (Å²) in [4.78, 5) is 14.1. The van der Waals surface area contributed by atoms with E-state index in [9.17, 15) is 10.1 Å². The van der Waals surface area contributed by atoms with Gasteiger partial charge in [0.05, 0.1) is 11.5 Å². The number of benzene rings is 1. The Balaban J connectivity index is 1.95. The molecule has 0 bridgehead atoms. The fourth-order valence-electron chi connectivity index (χ4n) is 1.71. The molecule has 0 fully saturated rings. The maximum Gasteiger partial charge on any atom is 0.288 e. The fourth-order valence-corrected chi connectivity index (χ4v) is 1.71. The zero-order chi connectivity index (χ0) is 13.7. The molecular weight excluding hydrogens is 244 g/mol. The molecular formula is C14H14N2O3. The van der Waals surface area contributed by atoms with Crippen molar-refractivity contribution in [2.75, 3.05) is 6.61 Å². The molecule has 0 aliphatic carbocycles. The Labute approximate surface area is 111 Å². The summed E-state index contributed by atoms with van der Waals surface area (Å²) < 4.78 is 5.54. The molecule has 1 heterocycles. The van der Waals surface area contributed by atoms with Crippen molar-refractivity contribution in [1.82, 2.24) is 4.98 Å². The molecule has 1 aromatic heterocycles. The highest BCUT2D eigenvalue weighted by Crippen LogP contribution is 2.19. The number of rotatable bonds is 5. The topological polar surface area (TPSA) is 65.3 Å². The minimum absolute atomic E-state index is 0.0205. The minimum Gasteiger partial charge on any atom is -0.477 e. The Kier molecular flexibility index (Phi) is 4.07. The van der Waals surface area contributed by atoms with Crippen molar-refractivity contribution in [3.05, 3.63) is 63.8 Å². The highest BCUT2D eigenvalue weighted by atomic mass is 16.6. The summed E-state index contributed by atoms with van der Waals surface area (Å²) in [6.45, 7) is 2.24. The number of hydrogen-bond donors (Lipinski definition) is 0. The van der Waals surface area contributed by atoms with Crippen molar-refractivity contribution in [1.29, 1.82) is 0 Å². The standard InChI is InChI=1S/C14H14N2O3/c1-11-9-13(16(17)18)10-15-14(11)19-8-7-12-5-3-2-4-6-12/h2-6,9-10H,7-8H2,1H3. The van der Waals surface area contributed by atoms with Gasteiger partial charge in [-0.1, -0.05) is 30.3 Å². The van der Waals surface area contributed by atoms with Crippen LogP contribution in [0.5, 0.6) is 5.88 Å². The van der Waals surface area contributed by atoms with E-state index in [2.05, 4.69) is 4.98 Å². The van der Waals surface area contributed by atoms with Gasteiger partial charge in [0.25, 0.3) is 5.69 Å². The van der Waals surface area contributed by atoms with Gasteiger partial charge in [0.1, 0.15) is 6.20 Å². The molecule has 1 aromatic carbocycles. The smallest absolute Gasteiger partial charge is 0.288 e. The molecule has 0 saturated carbocycles. The normalized spacial score (nSPS) is 10.2. The lowest BCUT2D eigenvalue weighted by Gasteiger charge is -2.07. The van der Waals surface area contributed by atoms with Gasteiger partial charge in [-0.3, -0.25) is 10.1 Å². The van der Waals surface area contributed by atoms with E-state index in [4.69, 9.17) is 4.74 Å². The van der Waals surface area contributed by atoms with Crippen molar-refractivity contribution in [3.63, 3.8) is 0 Å². The lowest BCUT2D eigenvalue weighted by Crippen LogP contribution is -2.04. The number of ether oxygens (including phenoxy) is 1. The number of nitrogens with zero attached hydrogens (tertiary/aromatic N) is 2. The van der Waals surface area contributed by atoms with Gasteiger partial charge in [0, 0.05) is 18.1 Å². The second-order valence-corrected chi connectivity index (χ2v) is 4.16. The minimum atomic E-state index is -0.465. The monoisotopic (exact) mass is 258 g/mol. The molecule has 0 aliphatic heterocycles. The van der Waals surface area contributed by atoms with Gasteiger partial charge in [-0.25, -0.2) is 4.98 Å².